The van der Waals surface area contributed by atoms with Gasteiger partial charge in [0.1, 0.15) is 5.82 Å². The van der Waals surface area contributed by atoms with Crippen molar-refractivity contribution in [2.24, 2.45) is 0 Å². The van der Waals surface area contributed by atoms with Crippen LogP contribution >= 0.6 is 0 Å². The number of para-hydroxylation sites is 1. The van der Waals surface area contributed by atoms with Crippen LogP contribution in [-0.4, -0.2) is 14.1 Å². The molecule has 0 amide bonds. The van der Waals surface area contributed by atoms with Gasteiger partial charge in [-0.2, -0.15) is 18.2 Å². The van der Waals surface area contributed by atoms with E-state index in [0.717, 1.165) is 44.7 Å². The summed E-state index contributed by atoms with van der Waals surface area (Å²) in [6, 6.07) is 58.7. The molecule has 9 aromatic rings. The smallest absolute Gasteiger partial charge is 0.267 e. The molecule has 326 valence electrons. The van der Waals surface area contributed by atoms with E-state index in [-0.39, 0.29) is 42.7 Å². The van der Waals surface area contributed by atoms with Crippen molar-refractivity contribution in [3.05, 3.63) is 210 Å². The molecule has 0 saturated heterocycles. The standard InChI is InChI=1S/C58H56N4O.Pt/c1-55(2,3)42-30-31-59-54(35-42)62-51-27-18-17-26-49(51)50-29-28-48(37-52(50)62)63-47-25-19-24-45(36-47)60-38-53(58(9,10)41-22-15-12-16-23-41)61(39-60)46-33-43(56(4,5)6)32-44(34-46)57(7,8)40-20-13-11-14-21-40;/h11-35,38H,1-10H3;/q-2;. The summed E-state index contributed by atoms with van der Waals surface area (Å²) in [5.41, 5.74) is 10.4. The molecule has 0 fully saturated rings. The van der Waals surface area contributed by atoms with E-state index < -0.39 is 0 Å². The maximum absolute atomic E-state index is 6.64. The predicted molar refractivity (Wildman–Crippen MR) is 257 cm³/mol. The summed E-state index contributed by atoms with van der Waals surface area (Å²) in [4.78, 5) is 4.86. The van der Waals surface area contributed by atoms with Crippen LogP contribution < -0.4 is 9.30 Å². The average molecular weight is 1020 g/mol. The van der Waals surface area contributed by atoms with Crippen LogP contribution in [0.3, 0.4) is 0 Å². The van der Waals surface area contributed by atoms with Crippen LogP contribution in [0, 0.1) is 18.5 Å². The van der Waals surface area contributed by atoms with Crippen molar-refractivity contribution in [3.63, 3.8) is 0 Å². The minimum Gasteiger partial charge on any atom is -0.510 e. The first kappa shape index (κ1) is 44.6. The first-order valence-electron chi connectivity index (χ1n) is 22.0. The first-order chi connectivity index (χ1) is 30.0. The normalized spacial score (nSPS) is 12.4. The molecular weight excluding hydrogens is 964 g/mol. The fourth-order valence-electron chi connectivity index (χ4n) is 8.62. The van der Waals surface area contributed by atoms with E-state index in [1.54, 1.807) is 0 Å². The van der Waals surface area contributed by atoms with Gasteiger partial charge < -0.3 is 13.9 Å². The Labute approximate surface area is 393 Å². The SMILES string of the molecule is CC(C)(C)c1cc(-[n+]2[c-]n(-c3[c-]c(Oc4[c-]c5c(cc4)c4ccccc4n5-c4cc(C(C)(C)C)ccn4)ccc3)cc2C(C)(C)c2ccccc2)cc(C(C)(C)c2ccccc2)c1.[Pt]. The first-order valence-corrected chi connectivity index (χ1v) is 22.0. The van der Waals surface area contributed by atoms with Crippen LogP contribution in [-0.2, 0) is 42.7 Å². The van der Waals surface area contributed by atoms with Crippen LogP contribution in [0.4, 0.5) is 0 Å². The van der Waals surface area contributed by atoms with E-state index in [4.69, 9.17) is 9.72 Å². The number of hydrogen-bond acceptors (Lipinski definition) is 2. The van der Waals surface area contributed by atoms with Crippen molar-refractivity contribution in [3.8, 4) is 28.7 Å². The number of pyridine rings is 1. The molecular formula is C58H56N4OPt-2. The van der Waals surface area contributed by atoms with Gasteiger partial charge >= 0.3 is 0 Å². The van der Waals surface area contributed by atoms with Gasteiger partial charge in [0, 0.05) is 61.3 Å². The molecule has 6 heteroatoms. The summed E-state index contributed by atoms with van der Waals surface area (Å²) in [6.07, 6.45) is 7.88. The molecule has 0 atom stereocenters. The van der Waals surface area contributed by atoms with Crippen LogP contribution in [0.1, 0.15) is 103 Å². The van der Waals surface area contributed by atoms with Crippen molar-refractivity contribution in [2.75, 3.05) is 0 Å². The summed E-state index contributed by atoms with van der Waals surface area (Å²) in [5, 5.41) is 2.23. The second kappa shape index (κ2) is 16.8. The Kier molecular flexibility index (Phi) is 11.7. The van der Waals surface area contributed by atoms with Crippen LogP contribution in [0.25, 0.3) is 39.0 Å². The molecule has 0 aliphatic rings. The van der Waals surface area contributed by atoms with Gasteiger partial charge in [-0.3, -0.25) is 4.57 Å². The Bertz CT molecular complexity index is 3110. The Hall–Kier alpha value is -6.03. The van der Waals surface area contributed by atoms with Gasteiger partial charge in [-0.05, 0) is 80.1 Å². The van der Waals surface area contributed by atoms with Gasteiger partial charge in [-0.25, -0.2) is 4.98 Å². The van der Waals surface area contributed by atoms with Gasteiger partial charge in [0.15, 0.2) is 0 Å². The van der Waals surface area contributed by atoms with Gasteiger partial charge in [0.05, 0.1) is 11.4 Å². The monoisotopic (exact) mass is 1020 g/mol. The third-order valence-corrected chi connectivity index (χ3v) is 12.7. The molecule has 0 unspecified atom stereocenters. The average Bonchev–Trinajstić information content (AvgIpc) is 3.87. The summed E-state index contributed by atoms with van der Waals surface area (Å²) < 4.78 is 13.1. The van der Waals surface area contributed by atoms with Crippen molar-refractivity contribution in [1.29, 1.82) is 0 Å². The Morgan fingerprint density at radius 3 is 1.84 bits per heavy atom. The van der Waals surface area contributed by atoms with E-state index in [1.165, 1.54) is 27.8 Å². The number of nitrogens with zero attached hydrogens (tertiary/aromatic N) is 4. The predicted octanol–water partition coefficient (Wildman–Crippen LogP) is 13.7. The van der Waals surface area contributed by atoms with E-state index in [2.05, 4.69) is 235 Å². The summed E-state index contributed by atoms with van der Waals surface area (Å²) in [6.45, 7) is 22.8. The second-order valence-corrected chi connectivity index (χ2v) is 19.9. The molecule has 3 aromatic heterocycles. The second-order valence-electron chi connectivity index (χ2n) is 19.9. The van der Waals surface area contributed by atoms with Gasteiger partial charge in [0.25, 0.3) is 6.33 Å². The molecule has 5 nitrogen and oxygen atoms in total. The van der Waals surface area contributed by atoms with Crippen LogP contribution in [0.5, 0.6) is 11.5 Å². The molecule has 0 radical (unpaired) electrons. The quantitative estimate of drug-likeness (QED) is 0.107. The number of fused-ring (bicyclic) bond motifs is 3. The number of hydrogen-bond donors (Lipinski definition) is 0. The molecule has 9 rings (SSSR count). The molecule has 6 aromatic carbocycles. The van der Waals surface area contributed by atoms with Gasteiger partial charge in [-0.1, -0.05) is 160 Å². The molecule has 3 heterocycles. The van der Waals surface area contributed by atoms with Gasteiger partial charge in [0.2, 0.25) is 0 Å². The maximum Gasteiger partial charge on any atom is 0.267 e. The van der Waals surface area contributed by atoms with Crippen molar-refractivity contribution in [1.82, 2.24) is 14.1 Å². The van der Waals surface area contributed by atoms with Crippen molar-refractivity contribution < 1.29 is 30.4 Å². The summed E-state index contributed by atoms with van der Waals surface area (Å²) in [7, 11) is 0. The molecule has 0 aliphatic carbocycles. The summed E-state index contributed by atoms with van der Waals surface area (Å²) >= 11 is 0. The zero-order chi connectivity index (χ0) is 44.3. The largest absolute Gasteiger partial charge is 0.510 e. The minimum absolute atomic E-state index is 0. The van der Waals surface area contributed by atoms with Gasteiger partial charge in [-0.15, -0.1) is 29.7 Å². The fourth-order valence-corrected chi connectivity index (χ4v) is 8.62. The topological polar surface area (TPSA) is 35.9 Å². The van der Waals surface area contributed by atoms with E-state index in [0.29, 0.717) is 11.5 Å². The third kappa shape index (κ3) is 8.39. The van der Waals surface area contributed by atoms with E-state index >= 15 is 0 Å². The molecule has 0 aliphatic heterocycles. The maximum atomic E-state index is 6.64. The number of imidazole rings is 1. The third-order valence-electron chi connectivity index (χ3n) is 12.7. The Balaban J connectivity index is 0.00000560. The van der Waals surface area contributed by atoms with Crippen LogP contribution in [0.2, 0.25) is 0 Å². The Morgan fingerprint density at radius 1 is 0.531 bits per heavy atom. The Morgan fingerprint density at radius 2 is 1.16 bits per heavy atom. The minimum atomic E-state index is -0.381. The number of benzene rings is 6. The molecule has 0 saturated carbocycles. The molecule has 0 bridgehead atoms. The number of ether oxygens (including phenoxy) is 1. The van der Waals surface area contributed by atoms with E-state index in [9.17, 15) is 0 Å². The van der Waals surface area contributed by atoms with Crippen LogP contribution in [0.15, 0.2) is 158 Å². The number of rotatable bonds is 9. The number of aromatic nitrogens is 4. The fraction of sp³-hybridized carbons (Fsp3) is 0.241. The van der Waals surface area contributed by atoms with Crippen molar-refractivity contribution >= 4 is 21.8 Å². The molecule has 0 N–H and O–H groups in total. The zero-order valence-electron chi connectivity index (χ0n) is 38.5. The molecule has 64 heavy (non-hydrogen) atoms. The van der Waals surface area contributed by atoms with Crippen molar-refractivity contribution in [2.45, 2.75) is 90.9 Å². The van der Waals surface area contributed by atoms with E-state index in [1.807, 2.05) is 24.4 Å². The molecule has 0 spiro atoms. The zero-order valence-corrected chi connectivity index (χ0v) is 40.8. The summed E-state index contributed by atoms with van der Waals surface area (Å²) in [5.74, 6) is 2.03.